The van der Waals surface area contributed by atoms with E-state index >= 15 is 4.79 Å². The van der Waals surface area contributed by atoms with Gasteiger partial charge in [-0.1, -0.05) is 125 Å². The largest absolute Gasteiger partial charge is 0.508 e. The number of amides is 11. The lowest BCUT2D eigenvalue weighted by molar-refractivity contribution is -0.161. The highest BCUT2D eigenvalue weighted by molar-refractivity contribution is 8.76. The van der Waals surface area contributed by atoms with Crippen molar-refractivity contribution in [3.63, 3.8) is 0 Å². The van der Waals surface area contributed by atoms with E-state index in [0.29, 0.717) is 30.5 Å². The fourth-order valence-electron chi connectivity index (χ4n) is 12.5. The van der Waals surface area contributed by atoms with E-state index in [0.717, 1.165) is 45.8 Å². The summed E-state index contributed by atoms with van der Waals surface area (Å²) >= 11 is 1.00. The number of hydrogen-bond donors (Lipinski definition) is 17. The van der Waals surface area contributed by atoms with Crippen LogP contribution >= 0.6 is 32.9 Å². The third-order valence-corrected chi connectivity index (χ3v) is 22.6. The van der Waals surface area contributed by atoms with Gasteiger partial charge in [-0.25, -0.2) is 39.2 Å². The first-order valence-corrected chi connectivity index (χ1v) is 42.7. The molecule has 1 fully saturated rings. The average molecular weight is 1780 g/mol. The number of ether oxygens (including phenoxy) is 3. The molecule has 1 aromatic heterocycles. The number of thiazole rings is 1. The number of benzene rings is 2. The standard InChI is InChI=1S/C78H111N13O28S3/c1-10-43(6)65(87-70(105)57-18-14-15-29-90(57)9)72(106)91(40-118-64(100)32-41(2)3)58(42(4)5)37-59(119-45(8)92)71-84-55(38-120-71)69(104)79-48(34-47-19-21-49(93)22-20-47)33-44(7)66(101)88-89-78(116)117-30-31-121-122-39-56(76(113)114)83-67(102)53(35-46-16-12-11-13-17-46)82-68(103)54(36-63(98)99)81-61(95)26-23-50(73(107)108)80-60(94)27-24-51(74(109)110)85-77(115)86-52(75(111)112)25-28-62(96)97/h11-13,16-17,19-22,38,41-44,48,50-54,56-59,65,93H,10,14-15,18,23-37,39-40H2,1-9H3,(H,79,104)(H,80,94)(H,81,95)(H,82,103)(H,83,102)(H,87,105)(H,88,101)(H,89,116)(H,96,97)(H,98,99)(H,107,108)(H,109,110)(H,111,112)(H,113,114)(H2,85,86,115)/t43-,44-,48+,50-,51-,52-,53-,54-,56-,57+,58+,59+,65-/m0/s1. The molecule has 41 nitrogen and oxygen atoms in total. The van der Waals surface area contributed by atoms with E-state index in [1.165, 1.54) is 36.3 Å². The van der Waals surface area contributed by atoms with E-state index in [-0.39, 0.29) is 90.3 Å². The molecule has 2 heterocycles. The first kappa shape index (κ1) is 103. The van der Waals surface area contributed by atoms with Gasteiger partial charge >= 0.3 is 59.9 Å². The fraction of sp³-hybridized carbons (Fsp3) is 0.577. The molecule has 0 saturated carbocycles. The van der Waals surface area contributed by atoms with Crippen molar-refractivity contribution in [2.75, 3.05) is 38.4 Å². The third-order valence-electron chi connectivity index (χ3n) is 19.2. The van der Waals surface area contributed by atoms with Crippen LogP contribution in [-0.4, -0.2) is 257 Å². The van der Waals surface area contributed by atoms with Crippen molar-refractivity contribution in [1.29, 1.82) is 0 Å². The van der Waals surface area contributed by atoms with E-state index in [1.807, 2.05) is 64.1 Å². The van der Waals surface area contributed by atoms with Gasteiger partial charge in [-0.05, 0) is 99.6 Å². The Hall–Kier alpha value is -11.4. The van der Waals surface area contributed by atoms with E-state index in [1.54, 1.807) is 42.5 Å². The van der Waals surface area contributed by atoms with Crippen LogP contribution in [0, 0.1) is 23.7 Å². The summed E-state index contributed by atoms with van der Waals surface area (Å²) in [6, 6.07) is -1.13. The average Bonchev–Trinajstić information content (AvgIpc) is 1.39. The molecule has 1 aliphatic heterocycles. The maximum atomic E-state index is 15.1. The first-order chi connectivity index (χ1) is 57.5. The minimum absolute atomic E-state index is 0.0212. The molecule has 0 radical (unpaired) electrons. The van der Waals surface area contributed by atoms with Gasteiger partial charge in [0.15, 0.2) is 12.8 Å². The lowest BCUT2D eigenvalue weighted by Gasteiger charge is -2.39. The number of hydrogen-bond acceptors (Lipinski definition) is 27. The van der Waals surface area contributed by atoms with Crippen LogP contribution in [0.25, 0.3) is 0 Å². The third kappa shape index (κ3) is 37.7. The number of likely N-dealkylation sites (tertiary alicyclic amines) is 1. The van der Waals surface area contributed by atoms with Crippen LogP contribution in [-0.2, 0) is 99.0 Å². The molecule has 11 amide bonds. The zero-order valence-corrected chi connectivity index (χ0v) is 71.5. The number of carboxylic acids is 6. The maximum absolute atomic E-state index is 15.1. The normalized spacial score (nSPS) is 15.5. The summed E-state index contributed by atoms with van der Waals surface area (Å²) in [5, 5.41) is 87.9. The quantitative estimate of drug-likeness (QED) is 0.00963. The van der Waals surface area contributed by atoms with Gasteiger partial charge in [0.05, 0.1) is 12.5 Å². The zero-order chi connectivity index (χ0) is 91.0. The second-order valence-electron chi connectivity index (χ2n) is 29.9. The highest BCUT2D eigenvalue weighted by Gasteiger charge is 2.41. The van der Waals surface area contributed by atoms with Gasteiger partial charge in [-0.3, -0.25) is 67.9 Å². The number of phenols is 1. The van der Waals surface area contributed by atoms with Crippen molar-refractivity contribution < 1.29 is 136 Å². The Labute approximate surface area is 715 Å². The number of phenolic OH excluding ortho intramolecular Hbond substituents is 1. The van der Waals surface area contributed by atoms with Crippen molar-refractivity contribution in [1.82, 2.24) is 68.2 Å². The lowest BCUT2D eigenvalue weighted by Crippen LogP contribution is -2.59. The van der Waals surface area contributed by atoms with Gasteiger partial charge in [-0.2, -0.15) is 0 Å². The number of likely N-dealkylation sites (N-methyl/N-ethyl adjacent to an activating group) is 1. The number of urea groups is 1. The summed E-state index contributed by atoms with van der Waals surface area (Å²) in [6.07, 6.45) is -4.93. The molecule has 1 aliphatic rings. The minimum Gasteiger partial charge on any atom is -0.508 e. The van der Waals surface area contributed by atoms with Crippen LogP contribution in [0.3, 0.4) is 0 Å². The number of esters is 2. The predicted molar refractivity (Wildman–Crippen MR) is 438 cm³/mol. The van der Waals surface area contributed by atoms with E-state index in [4.69, 9.17) is 19.3 Å². The van der Waals surface area contributed by atoms with E-state index in [9.17, 15) is 112 Å². The number of piperidine rings is 1. The van der Waals surface area contributed by atoms with Crippen LogP contribution in [0.4, 0.5) is 9.59 Å². The molecular weight excluding hydrogens is 1660 g/mol. The molecule has 0 bridgehead atoms. The molecule has 3 aromatic rings. The topological polar surface area (TPSA) is 616 Å². The highest BCUT2D eigenvalue weighted by atomic mass is 33.1. The predicted octanol–water partition coefficient (Wildman–Crippen LogP) is 3.22. The zero-order valence-electron chi connectivity index (χ0n) is 69.1. The molecule has 44 heteroatoms. The summed E-state index contributed by atoms with van der Waals surface area (Å²) in [5.74, 6) is -19.7. The van der Waals surface area contributed by atoms with Gasteiger partial charge in [0.25, 0.3) is 5.91 Å². The van der Waals surface area contributed by atoms with E-state index in [2.05, 4.69) is 47.7 Å². The van der Waals surface area contributed by atoms with Crippen molar-refractivity contribution >= 4 is 140 Å². The summed E-state index contributed by atoms with van der Waals surface area (Å²) in [4.78, 5) is 241. The van der Waals surface area contributed by atoms with Gasteiger partial charge in [0.1, 0.15) is 65.4 Å². The molecule has 2 aromatic carbocycles. The summed E-state index contributed by atoms with van der Waals surface area (Å²) in [5.41, 5.74) is 5.39. The smallest absolute Gasteiger partial charge is 0.426 e. The first-order valence-electron chi connectivity index (χ1n) is 39.4. The van der Waals surface area contributed by atoms with Gasteiger partial charge in [0.2, 0.25) is 41.4 Å². The molecule has 13 atom stereocenters. The molecule has 0 spiro atoms. The number of rotatable bonds is 53. The summed E-state index contributed by atoms with van der Waals surface area (Å²) in [6.45, 7) is 13.7. The molecule has 0 unspecified atom stereocenters. The number of aromatic hydroxyl groups is 1. The number of carboxylic acid groups (broad SMARTS) is 6. The second-order valence-corrected chi connectivity index (χ2v) is 33.4. The van der Waals surface area contributed by atoms with Crippen LogP contribution in [0.15, 0.2) is 60.0 Å². The van der Waals surface area contributed by atoms with Crippen LogP contribution in [0.2, 0.25) is 0 Å². The molecule has 17 N–H and O–H groups in total. The number of hydrazine groups is 1. The van der Waals surface area contributed by atoms with Crippen LogP contribution in [0.5, 0.6) is 5.75 Å². The second kappa shape index (κ2) is 52.7. The Kier molecular flexibility index (Phi) is 44.5. The highest BCUT2D eigenvalue weighted by Crippen LogP contribution is 2.33. The van der Waals surface area contributed by atoms with E-state index < -0.39 is 225 Å². The fourth-order valence-corrected chi connectivity index (χ4v) is 15.3. The molecule has 1 saturated heterocycles. The number of nitrogens with one attached hydrogen (secondary N) is 10. The van der Waals surface area contributed by atoms with Gasteiger partial charge in [0, 0.05) is 80.3 Å². The van der Waals surface area contributed by atoms with Crippen molar-refractivity contribution in [3.05, 3.63) is 81.8 Å². The molecule has 674 valence electrons. The van der Waals surface area contributed by atoms with Gasteiger partial charge in [-0.15, -0.1) is 11.3 Å². The Morgan fingerprint density at radius 2 is 1.18 bits per heavy atom. The summed E-state index contributed by atoms with van der Waals surface area (Å²) < 4.78 is 16.9. The Morgan fingerprint density at radius 3 is 1.74 bits per heavy atom. The molecule has 0 aliphatic carbocycles. The van der Waals surface area contributed by atoms with Crippen molar-refractivity contribution in [2.24, 2.45) is 23.7 Å². The van der Waals surface area contributed by atoms with Crippen LogP contribution < -0.4 is 53.4 Å². The molecule has 122 heavy (non-hydrogen) atoms. The lowest BCUT2D eigenvalue weighted by atomic mass is 9.92. The van der Waals surface area contributed by atoms with Gasteiger partial charge < -0.3 is 97.4 Å². The molecule has 4 rings (SSSR count). The van der Waals surface area contributed by atoms with Crippen molar-refractivity contribution in [2.45, 2.75) is 225 Å². The number of aliphatic carboxylic acids is 6. The number of aromatic nitrogens is 1. The number of carbonyl (C=O) groups is 18. The summed E-state index contributed by atoms with van der Waals surface area (Å²) in [7, 11) is 3.78. The number of carbonyl (C=O) groups excluding carboxylic acids is 12. The Balaban J connectivity index is 1.37. The number of nitrogens with zero attached hydrogens (tertiary/aromatic N) is 3. The van der Waals surface area contributed by atoms with Crippen molar-refractivity contribution in [3.8, 4) is 5.75 Å². The Bertz CT molecular complexity index is 4090. The SMILES string of the molecule is CC[C@H](C)[C@H](NC(=O)[C@H]1CCCCN1C)C(=O)N(COC(=O)CC(C)C)[C@H](C[C@@H](OC(C)=O)c1nc(C(=O)N[C@@H](Cc2ccc(O)cc2)C[C@H](C)C(=O)NNC(=O)OCCSSC[C@H](NC(=O)[C@H](Cc2ccccc2)NC(=O)[C@H](CC(=O)O)NC(=O)CC[C@H](NC(=O)CC[C@H](NC(=O)N[C@@H](CCC(=O)O)C(=O)O)C(=O)O)C(=O)O)C(=O)O)cs1)C(C)C. The molecular formula is C78H111N13O28S3. The monoisotopic (exact) mass is 1770 g/mol. The minimum atomic E-state index is -1.95. The maximum Gasteiger partial charge on any atom is 0.426 e. The Morgan fingerprint density at radius 1 is 0.607 bits per heavy atom. The van der Waals surface area contributed by atoms with Crippen LogP contribution in [0.1, 0.15) is 178 Å².